The van der Waals surface area contributed by atoms with Crippen LogP contribution in [0.5, 0.6) is 5.75 Å². The van der Waals surface area contributed by atoms with E-state index in [2.05, 4.69) is 40.7 Å². The molecule has 2 bridgehead atoms. The SMILES string of the molecule is C=C(c1cnc(-c2cc(F)c(-n3ccnc3)cc2O)cn1)C1CC2(C)CCC(C)(C1)N2. The lowest BCUT2D eigenvalue weighted by Crippen LogP contribution is -2.53. The van der Waals surface area contributed by atoms with E-state index in [1.807, 2.05) is 0 Å². The highest BCUT2D eigenvalue weighted by atomic mass is 19.1. The minimum atomic E-state index is -0.479. The molecule has 31 heavy (non-hydrogen) atoms. The molecule has 0 amide bonds. The van der Waals surface area contributed by atoms with Crippen molar-refractivity contribution in [2.45, 2.75) is 50.6 Å². The number of halogens is 1. The molecule has 0 saturated carbocycles. The van der Waals surface area contributed by atoms with Gasteiger partial charge in [-0.05, 0) is 57.1 Å². The van der Waals surface area contributed by atoms with E-state index in [1.54, 1.807) is 24.8 Å². The summed E-state index contributed by atoms with van der Waals surface area (Å²) in [4.78, 5) is 12.9. The van der Waals surface area contributed by atoms with Crippen molar-refractivity contribution < 1.29 is 9.50 Å². The third-order valence-electron chi connectivity index (χ3n) is 6.82. The zero-order valence-corrected chi connectivity index (χ0v) is 17.8. The third-order valence-corrected chi connectivity index (χ3v) is 6.82. The average molecular weight is 420 g/mol. The van der Waals surface area contributed by atoms with Crippen LogP contribution < -0.4 is 5.32 Å². The van der Waals surface area contributed by atoms with E-state index < -0.39 is 5.82 Å². The Bertz CT molecular complexity index is 1130. The maximum Gasteiger partial charge on any atom is 0.148 e. The number of phenolic OH excluding ortho intramolecular Hbond substituents is 1. The molecule has 2 fully saturated rings. The predicted octanol–water partition coefficient (Wildman–Crippen LogP) is 4.50. The second-order valence-corrected chi connectivity index (χ2v) is 9.45. The summed E-state index contributed by atoms with van der Waals surface area (Å²) in [5.74, 6) is -0.200. The van der Waals surface area contributed by atoms with Gasteiger partial charge >= 0.3 is 0 Å². The summed E-state index contributed by atoms with van der Waals surface area (Å²) < 4.78 is 16.2. The molecule has 1 aromatic carbocycles. The molecular weight excluding hydrogens is 393 g/mol. The van der Waals surface area contributed by atoms with Gasteiger partial charge in [0.1, 0.15) is 11.6 Å². The second-order valence-electron chi connectivity index (χ2n) is 9.45. The first-order valence-corrected chi connectivity index (χ1v) is 10.6. The topological polar surface area (TPSA) is 75.9 Å². The zero-order chi connectivity index (χ0) is 21.8. The summed E-state index contributed by atoms with van der Waals surface area (Å²) in [7, 11) is 0. The van der Waals surface area contributed by atoms with Crippen LogP contribution in [0.15, 0.2) is 49.8 Å². The summed E-state index contributed by atoms with van der Waals surface area (Å²) in [5, 5.41) is 14.3. The van der Waals surface area contributed by atoms with Crippen LogP contribution in [0.3, 0.4) is 0 Å². The van der Waals surface area contributed by atoms with Gasteiger partial charge in [-0.15, -0.1) is 0 Å². The first-order valence-electron chi connectivity index (χ1n) is 10.6. The van der Waals surface area contributed by atoms with E-state index in [9.17, 15) is 9.50 Å². The van der Waals surface area contributed by atoms with Crippen LogP contribution in [0, 0.1) is 11.7 Å². The zero-order valence-electron chi connectivity index (χ0n) is 17.8. The molecule has 2 unspecified atom stereocenters. The number of fused-ring (bicyclic) bond motifs is 2. The molecule has 0 radical (unpaired) electrons. The van der Waals surface area contributed by atoms with Gasteiger partial charge in [-0.2, -0.15) is 0 Å². The molecule has 160 valence electrons. The van der Waals surface area contributed by atoms with E-state index in [1.165, 1.54) is 35.9 Å². The van der Waals surface area contributed by atoms with E-state index >= 15 is 0 Å². The smallest absolute Gasteiger partial charge is 0.148 e. The van der Waals surface area contributed by atoms with Crippen LogP contribution in [0.1, 0.15) is 45.2 Å². The Hall–Kier alpha value is -3.06. The lowest BCUT2D eigenvalue weighted by molar-refractivity contribution is 0.201. The standard InChI is InChI=1S/C24H26FN5O/c1-15(16-10-23(2)4-5-24(3,11-16)29-23)19-12-28-20(13-27-19)17-8-18(25)21(9-22(17)31)30-7-6-26-14-30/h6-9,12-14,16,29,31H,1,4-5,10-11H2,2-3H3. The number of benzene rings is 1. The van der Waals surface area contributed by atoms with E-state index in [0.717, 1.165) is 24.1 Å². The summed E-state index contributed by atoms with van der Waals surface area (Å²) in [6.07, 6.45) is 12.3. The van der Waals surface area contributed by atoms with Crippen molar-refractivity contribution in [3.63, 3.8) is 0 Å². The van der Waals surface area contributed by atoms with Gasteiger partial charge in [-0.25, -0.2) is 9.37 Å². The number of piperidine rings is 1. The van der Waals surface area contributed by atoms with Crippen molar-refractivity contribution in [1.82, 2.24) is 24.8 Å². The van der Waals surface area contributed by atoms with Gasteiger partial charge in [0.05, 0.1) is 35.8 Å². The number of aromatic hydroxyl groups is 1. The first kappa shape index (κ1) is 19.9. The predicted molar refractivity (Wildman–Crippen MR) is 117 cm³/mol. The monoisotopic (exact) mass is 419 g/mol. The van der Waals surface area contributed by atoms with Gasteiger partial charge in [0.25, 0.3) is 0 Å². The Balaban J connectivity index is 1.39. The van der Waals surface area contributed by atoms with Crippen LogP contribution in [-0.4, -0.2) is 35.7 Å². The fourth-order valence-electron chi connectivity index (χ4n) is 5.32. The van der Waals surface area contributed by atoms with Crippen LogP contribution in [0.2, 0.25) is 0 Å². The largest absolute Gasteiger partial charge is 0.507 e. The number of nitrogens with one attached hydrogen (secondary N) is 1. The second kappa shape index (κ2) is 6.99. The number of aromatic nitrogens is 4. The number of rotatable bonds is 4. The molecule has 4 heterocycles. The first-order chi connectivity index (χ1) is 14.8. The van der Waals surface area contributed by atoms with Crippen molar-refractivity contribution in [2.75, 3.05) is 0 Å². The third kappa shape index (κ3) is 3.53. The lowest BCUT2D eigenvalue weighted by atomic mass is 9.76. The molecule has 6 nitrogen and oxygen atoms in total. The molecule has 2 aromatic heterocycles. The Morgan fingerprint density at radius 2 is 1.94 bits per heavy atom. The van der Waals surface area contributed by atoms with Gasteiger partial charge in [0, 0.05) is 35.1 Å². The molecule has 3 aromatic rings. The van der Waals surface area contributed by atoms with Gasteiger partial charge in [0.2, 0.25) is 0 Å². The van der Waals surface area contributed by atoms with E-state index in [0.29, 0.717) is 17.2 Å². The van der Waals surface area contributed by atoms with E-state index in [-0.39, 0.29) is 22.5 Å². The molecule has 0 aliphatic carbocycles. The molecule has 5 rings (SSSR count). The molecule has 7 heteroatoms. The van der Waals surface area contributed by atoms with Crippen molar-refractivity contribution >= 4 is 5.57 Å². The normalized spacial score (nSPS) is 27.4. The minimum Gasteiger partial charge on any atom is -0.507 e. The number of allylic oxidation sites excluding steroid dienone is 1. The van der Waals surface area contributed by atoms with Crippen molar-refractivity contribution in [3.8, 4) is 22.7 Å². The van der Waals surface area contributed by atoms with Crippen molar-refractivity contribution in [3.05, 3.63) is 61.3 Å². The summed E-state index contributed by atoms with van der Waals surface area (Å²) in [5.41, 5.74) is 2.96. The van der Waals surface area contributed by atoms with Crippen LogP contribution in [0.25, 0.3) is 22.5 Å². The van der Waals surface area contributed by atoms with Crippen molar-refractivity contribution in [2.24, 2.45) is 5.92 Å². The highest BCUT2D eigenvalue weighted by Gasteiger charge is 2.49. The summed E-state index contributed by atoms with van der Waals surface area (Å²) >= 11 is 0. The Labute approximate surface area is 180 Å². The van der Waals surface area contributed by atoms with Crippen LogP contribution in [-0.2, 0) is 0 Å². The van der Waals surface area contributed by atoms with Gasteiger partial charge in [0.15, 0.2) is 0 Å². The number of imidazole rings is 1. The fourth-order valence-corrected chi connectivity index (χ4v) is 5.32. The van der Waals surface area contributed by atoms with Gasteiger partial charge in [-0.3, -0.25) is 9.97 Å². The highest BCUT2D eigenvalue weighted by molar-refractivity contribution is 5.70. The fraction of sp³-hybridized carbons (Fsp3) is 0.375. The number of phenols is 1. The molecule has 2 saturated heterocycles. The molecule has 2 aliphatic heterocycles. The average Bonchev–Trinajstić information content (AvgIpc) is 3.34. The quantitative estimate of drug-likeness (QED) is 0.651. The van der Waals surface area contributed by atoms with Crippen LogP contribution >= 0.6 is 0 Å². The van der Waals surface area contributed by atoms with Gasteiger partial charge in [-0.1, -0.05) is 6.58 Å². The summed E-state index contributed by atoms with van der Waals surface area (Å²) in [6.45, 7) is 8.91. The number of nitrogens with zero attached hydrogens (tertiary/aromatic N) is 4. The highest BCUT2D eigenvalue weighted by Crippen LogP contribution is 2.48. The van der Waals surface area contributed by atoms with Crippen molar-refractivity contribution in [1.29, 1.82) is 0 Å². The number of hydrogen-bond acceptors (Lipinski definition) is 5. The molecule has 2 aliphatic rings. The molecule has 2 N–H and O–H groups in total. The maximum atomic E-state index is 14.7. The van der Waals surface area contributed by atoms with Crippen LogP contribution in [0.4, 0.5) is 4.39 Å². The molecule has 2 atom stereocenters. The lowest BCUT2D eigenvalue weighted by Gasteiger charge is -2.42. The Kier molecular flexibility index (Phi) is 4.48. The van der Waals surface area contributed by atoms with Gasteiger partial charge < -0.3 is 15.0 Å². The molecular formula is C24H26FN5O. The minimum absolute atomic E-state index is 0.0678. The molecule has 0 spiro atoms. The Morgan fingerprint density at radius 1 is 1.19 bits per heavy atom. The van der Waals surface area contributed by atoms with E-state index in [4.69, 9.17) is 0 Å². The maximum absolute atomic E-state index is 14.7. The summed E-state index contributed by atoms with van der Waals surface area (Å²) in [6, 6.07) is 2.64. The number of hydrogen-bond donors (Lipinski definition) is 2. The Morgan fingerprint density at radius 3 is 2.55 bits per heavy atom.